The minimum Gasteiger partial charge on any atom is -0.309 e. The van der Waals surface area contributed by atoms with Crippen LogP contribution in [0.2, 0.25) is 0 Å². The van der Waals surface area contributed by atoms with Gasteiger partial charge in [-0.1, -0.05) is 41.0 Å². The van der Waals surface area contributed by atoms with Crippen molar-refractivity contribution in [3.63, 3.8) is 0 Å². The number of allylic oxidation sites excluding steroid dienone is 2. The summed E-state index contributed by atoms with van der Waals surface area (Å²) in [6.45, 7) is 2.03. The van der Waals surface area contributed by atoms with Crippen LogP contribution in [0.25, 0.3) is 0 Å². The van der Waals surface area contributed by atoms with Crippen LogP contribution in [-0.4, -0.2) is 11.5 Å². The largest absolute Gasteiger partial charge is 0.309 e. The molecule has 2 aliphatic rings. The Morgan fingerprint density at radius 2 is 1.90 bits per heavy atom. The SMILES string of the molecule is Cc1ccc(C(=O)CC2C(=N)CC3=C2CCCC3)cc1. The van der Waals surface area contributed by atoms with Crippen molar-refractivity contribution in [2.75, 3.05) is 0 Å². The van der Waals surface area contributed by atoms with Crippen molar-refractivity contribution in [2.24, 2.45) is 5.92 Å². The van der Waals surface area contributed by atoms with Gasteiger partial charge in [0.05, 0.1) is 0 Å². The topological polar surface area (TPSA) is 40.9 Å². The third-order valence-corrected chi connectivity index (χ3v) is 4.64. The molecule has 1 aromatic rings. The predicted molar refractivity (Wildman–Crippen MR) is 81.5 cm³/mol. The van der Waals surface area contributed by atoms with Crippen LogP contribution in [0.3, 0.4) is 0 Å². The minimum atomic E-state index is 0.0964. The van der Waals surface area contributed by atoms with Gasteiger partial charge in [-0.25, -0.2) is 0 Å². The van der Waals surface area contributed by atoms with Crippen LogP contribution in [0.4, 0.5) is 0 Å². The molecule has 0 saturated carbocycles. The molecule has 0 aliphatic heterocycles. The van der Waals surface area contributed by atoms with Crippen molar-refractivity contribution >= 4 is 11.5 Å². The van der Waals surface area contributed by atoms with Crippen molar-refractivity contribution < 1.29 is 4.79 Å². The number of rotatable bonds is 3. The lowest BCUT2D eigenvalue weighted by Crippen LogP contribution is -2.16. The monoisotopic (exact) mass is 267 g/mol. The van der Waals surface area contributed by atoms with Gasteiger partial charge in [0.2, 0.25) is 0 Å². The van der Waals surface area contributed by atoms with Gasteiger partial charge in [-0.3, -0.25) is 4.79 Å². The van der Waals surface area contributed by atoms with E-state index in [-0.39, 0.29) is 11.7 Å². The van der Waals surface area contributed by atoms with E-state index in [1.807, 2.05) is 31.2 Å². The number of benzene rings is 1. The second-order valence-corrected chi connectivity index (χ2v) is 6.08. The van der Waals surface area contributed by atoms with Gasteiger partial charge >= 0.3 is 0 Å². The minimum absolute atomic E-state index is 0.0964. The Labute approximate surface area is 120 Å². The van der Waals surface area contributed by atoms with Gasteiger partial charge in [0.15, 0.2) is 5.78 Å². The van der Waals surface area contributed by atoms with Crippen LogP contribution in [0.1, 0.15) is 54.4 Å². The van der Waals surface area contributed by atoms with Crippen LogP contribution in [-0.2, 0) is 0 Å². The van der Waals surface area contributed by atoms with Crippen molar-refractivity contribution in [2.45, 2.75) is 45.4 Å². The molecule has 1 unspecified atom stereocenters. The number of Topliss-reactive ketones (excluding diaryl/α,β-unsaturated/α-hetero) is 1. The highest BCUT2D eigenvalue weighted by Crippen LogP contribution is 2.40. The molecule has 0 spiro atoms. The second kappa shape index (κ2) is 5.35. The molecule has 1 aromatic carbocycles. The van der Waals surface area contributed by atoms with Crippen LogP contribution < -0.4 is 0 Å². The molecule has 0 fully saturated rings. The smallest absolute Gasteiger partial charge is 0.163 e. The number of ketones is 1. The van der Waals surface area contributed by atoms with E-state index in [0.29, 0.717) is 6.42 Å². The van der Waals surface area contributed by atoms with E-state index in [9.17, 15) is 4.79 Å². The number of hydrogen-bond donors (Lipinski definition) is 1. The number of carbonyl (C=O) groups excluding carboxylic acids is 1. The van der Waals surface area contributed by atoms with E-state index in [2.05, 4.69) is 0 Å². The first kappa shape index (κ1) is 13.3. The summed E-state index contributed by atoms with van der Waals surface area (Å²) < 4.78 is 0. The summed E-state index contributed by atoms with van der Waals surface area (Å²) in [5.74, 6) is 0.276. The average Bonchev–Trinajstić information content (AvgIpc) is 2.76. The fourth-order valence-electron chi connectivity index (χ4n) is 3.47. The first-order valence-electron chi connectivity index (χ1n) is 7.53. The van der Waals surface area contributed by atoms with Gasteiger partial charge in [-0.15, -0.1) is 0 Å². The summed E-state index contributed by atoms with van der Waals surface area (Å²) >= 11 is 0. The molecular weight excluding hydrogens is 246 g/mol. The molecule has 1 atom stereocenters. The van der Waals surface area contributed by atoms with Crippen LogP contribution >= 0.6 is 0 Å². The zero-order valence-electron chi connectivity index (χ0n) is 12.0. The lowest BCUT2D eigenvalue weighted by molar-refractivity contribution is 0.0975. The molecular formula is C18H21NO. The summed E-state index contributed by atoms with van der Waals surface area (Å²) in [7, 11) is 0. The zero-order chi connectivity index (χ0) is 14.1. The fraction of sp³-hybridized carbons (Fsp3) is 0.444. The number of carbonyl (C=O) groups is 1. The van der Waals surface area contributed by atoms with Gasteiger partial charge in [0.1, 0.15) is 0 Å². The molecule has 0 bridgehead atoms. The van der Waals surface area contributed by atoms with Crippen molar-refractivity contribution in [1.29, 1.82) is 5.41 Å². The Kier molecular flexibility index (Phi) is 3.56. The molecule has 0 aromatic heterocycles. The normalized spacial score (nSPS) is 22.1. The standard InChI is InChI=1S/C18H21NO/c1-12-6-8-13(9-7-12)18(20)11-16-15-5-3-2-4-14(15)10-17(16)19/h6-9,16,19H,2-5,10-11H2,1H3. The Balaban J connectivity index is 1.77. The number of nitrogens with one attached hydrogen (secondary N) is 1. The van der Waals surface area contributed by atoms with Crippen LogP contribution in [0.5, 0.6) is 0 Å². The Morgan fingerprint density at radius 1 is 1.20 bits per heavy atom. The quantitative estimate of drug-likeness (QED) is 0.636. The number of aryl methyl sites for hydroxylation is 1. The van der Waals surface area contributed by atoms with Gasteiger partial charge < -0.3 is 5.41 Å². The highest BCUT2D eigenvalue weighted by atomic mass is 16.1. The zero-order valence-corrected chi connectivity index (χ0v) is 12.0. The van der Waals surface area contributed by atoms with Crippen LogP contribution in [0.15, 0.2) is 35.4 Å². The molecule has 20 heavy (non-hydrogen) atoms. The highest BCUT2D eigenvalue weighted by molar-refractivity contribution is 6.01. The summed E-state index contributed by atoms with van der Waals surface area (Å²) in [6.07, 6.45) is 6.03. The molecule has 3 rings (SSSR count). The molecule has 0 radical (unpaired) electrons. The van der Waals surface area contributed by atoms with Gasteiger partial charge in [-0.05, 0) is 32.6 Å². The fourth-order valence-corrected chi connectivity index (χ4v) is 3.47. The highest BCUT2D eigenvalue weighted by Gasteiger charge is 2.32. The molecule has 2 aliphatic carbocycles. The predicted octanol–water partition coefficient (Wildman–Crippen LogP) is 4.48. The van der Waals surface area contributed by atoms with Crippen molar-refractivity contribution in [3.05, 3.63) is 46.5 Å². The lowest BCUT2D eigenvalue weighted by Gasteiger charge is -2.18. The molecule has 0 heterocycles. The second-order valence-electron chi connectivity index (χ2n) is 6.08. The first-order chi connectivity index (χ1) is 9.65. The third kappa shape index (κ3) is 2.47. The summed E-state index contributed by atoms with van der Waals surface area (Å²) in [5.41, 5.74) is 5.60. The molecule has 0 saturated heterocycles. The maximum absolute atomic E-state index is 12.4. The van der Waals surface area contributed by atoms with E-state index in [4.69, 9.17) is 5.41 Å². The van der Waals surface area contributed by atoms with Gasteiger partial charge in [0.25, 0.3) is 0 Å². The maximum Gasteiger partial charge on any atom is 0.163 e. The van der Waals surface area contributed by atoms with Gasteiger partial charge in [0, 0.05) is 30.0 Å². The van der Waals surface area contributed by atoms with E-state index >= 15 is 0 Å². The Hall–Kier alpha value is -1.70. The van der Waals surface area contributed by atoms with E-state index in [0.717, 1.165) is 30.5 Å². The van der Waals surface area contributed by atoms with E-state index < -0.39 is 0 Å². The van der Waals surface area contributed by atoms with Gasteiger partial charge in [-0.2, -0.15) is 0 Å². The Bertz CT molecular complexity index is 580. The van der Waals surface area contributed by atoms with E-state index in [1.165, 1.54) is 29.6 Å². The Morgan fingerprint density at radius 3 is 2.65 bits per heavy atom. The summed E-state index contributed by atoms with van der Waals surface area (Å²) in [5, 5.41) is 8.20. The van der Waals surface area contributed by atoms with Crippen LogP contribution in [0, 0.1) is 18.3 Å². The average molecular weight is 267 g/mol. The molecule has 2 nitrogen and oxygen atoms in total. The lowest BCUT2D eigenvalue weighted by atomic mass is 9.86. The number of hydrogen-bond acceptors (Lipinski definition) is 2. The molecule has 0 amide bonds. The third-order valence-electron chi connectivity index (χ3n) is 4.64. The molecule has 2 heteroatoms. The first-order valence-corrected chi connectivity index (χ1v) is 7.53. The van der Waals surface area contributed by atoms with Crippen molar-refractivity contribution in [3.8, 4) is 0 Å². The maximum atomic E-state index is 12.4. The van der Waals surface area contributed by atoms with Crippen molar-refractivity contribution in [1.82, 2.24) is 0 Å². The molecule has 104 valence electrons. The summed E-state index contributed by atoms with van der Waals surface area (Å²) in [6, 6.07) is 7.79. The van der Waals surface area contributed by atoms with E-state index in [1.54, 1.807) is 0 Å². The summed E-state index contributed by atoms with van der Waals surface area (Å²) in [4.78, 5) is 12.4. The molecule has 1 N–H and O–H groups in total.